The molecule has 1 aliphatic carbocycles. The largest absolute Gasteiger partial charge is 0.389 e. The van der Waals surface area contributed by atoms with Crippen LogP contribution in [0.15, 0.2) is 0 Å². The molecule has 0 atom stereocenters. The summed E-state index contributed by atoms with van der Waals surface area (Å²) in [5, 5.41) is 12.7. The van der Waals surface area contributed by atoms with Gasteiger partial charge in [-0.1, -0.05) is 26.2 Å². The Bertz CT molecular complexity index is 278. The third-order valence-corrected chi connectivity index (χ3v) is 4.06. The van der Waals surface area contributed by atoms with Crippen molar-refractivity contribution in [1.82, 2.24) is 10.2 Å². The zero-order chi connectivity index (χ0) is 14.5. The number of likely N-dealkylation sites (N-methyl/N-ethyl adjacent to an activating group) is 1. The van der Waals surface area contributed by atoms with Crippen LogP contribution in [0.2, 0.25) is 0 Å². The van der Waals surface area contributed by atoms with Crippen molar-refractivity contribution in [3.63, 3.8) is 0 Å². The number of rotatable bonds is 5. The highest BCUT2D eigenvalue weighted by Gasteiger charge is 2.22. The quantitative estimate of drug-likeness (QED) is 0.807. The molecular weight excluding hydrogens is 240 g/mol. The molecule has 0 heterocycles. The fourth-order valence-electron chi connectivity index (χ4n) is 2.86. The molecule has 0 radical (unpaired) electrons. The van der Waals surface area contributed by atoms with Crippen LogP contribution in [-0.4, -0.2) is 41.8 Å². The van der Waals surface area contributed by atoms with Crippen LogP contribution < -0.4 is 5.32 Å². The number of nitrogens with one attached hydrogen (secondary N) is 1. The van der Waals surface area contributed by atoms with E-state index in [4.69, 9.17) is 0 Å². The normalized spacial score (nSPS) is 24.1. The maximum absolute atomic E-state index is 11.9. The van der Waals surface area contributed by atoms with Gasteiger partial charge in [-0.05, 0) is 38.5 Å². The molecule has 1 saturated carbocycles. The van der Waals surface area contributed by atoms with E-state index < -0.39 is 5.60 Å². The van der Waals surface area contributed by atoms with Gasteiger partial charge in [0.2, 0.25) is 0 Å². The molecule has 2 amide bonds. The number of amides is 2. The Labute approximate surface area is 117 Å². The van der Waals surface area contributed by atoms with Gasteiger partial charge in [0.15, 0.2) is 0 Å². The fourth-order valence-corrected chi connectivity index (χ4v) is 2.86. The van der Waals surface area contributed by atoms with E-state index in [2.05, 4.69) is 12.2 Å². The average molecular weight is 270 g/mol. The predicted octanol–water partition coefficient (Wildman–Crippen LogP) is 2.62. The number of hydrogen-bond donors (Lipinski definition) is 2. The van der Waals surface area contributed by atoms with Crippen molar-refractivity contribution in [2.75, 3.05) is 20.1 Å². The molecule has 4 heteroatoms. The van der Waals surface area contributed by atoms with Gasteiger partial charge in [-0.3, -0.25) is 0 Å². The standard InChI is InChI=1S/C15H30N2O2/c1-5-12-6-8-13(9-7-12)10-16-14(18)17(4)11-15(2,3)19/h12-13,19H,5-11H2,1-4H3,(H,16,18). The fraction of sp³-hybridized carbons (Fsp3) is 0.933. The summed E-state index contributed by atoms with van der Waals surface area (Å²) in [7, 11) is 1.72. The number of nitrogens with zero attached hydrogens (tertiary/aromatic N) is 1. The molecular formula is C15H30N2O2. The van der Waals surface area contributed by atoms with Crippen molar-refractivity contribution in [1.29, 1.82) is 0 Å². The van der Waals surface area contributed by atoms with Gasteiger partial charge >= 0.3 is 6.03 Å². The second-order valence-corrected chi connectivity index (χ2v) is 6.65. The van der Waals surface area contributed by atoms with Crippen molar-refractivity contribution in [2.45, 2.75) is 58.5 Å². The Hall–Kier alpha value is -0.770. The molecule has 0 spiro atoms. The highest BCUT2D eigenvalue weighted by molar-refractivity contribution is 5.73. The molecule has 0 aromatic heterocycles. The molecule has 0 aliphatic heterocycles. The van der Waals surface area contributed by atoms with E-state index in [-0.39, 0.29) is 6.03 Å². The molecule has 0 bridgehead atoms. The number of aliphatic hydroxyl groups is 1. The first-order valence-corrected chi connectivity index (χ1v) is 7.53. The lowest BCUT2D eigenvalue weighted by molar-refractivity contribution is 0.0529. The Morgan fingerprint density at radius 3 is 2.26 bits per heavy atom. The first kappa shape index (κ1) is 16.3. The van der Waals surface area contributed by atoms with Crippen molar-refractivity contribution in [3.8, 4) is 0 Å². The summed E-state index contributed by atoms with van der Waals surface area (Å²) in [5.41, 5.74) is -0.842. The minimum Gasteiger partial charge on any atom is -0.389 e. The lowest BCUT2D eigenvalue weighted by atomic mass is 9.81. The summed E-state index contributed by atoms with van der Waals surface area (Å²) in [5.74, 6) is 1.52. The van der Waals surface area contributed by atoms with Gasteiger partial charge in [-0.2, -0.15) is 0 Å². The topological polar surface area (TPSA) is 52.6 Å². The van der Waals surface area contributed by atoms with E-state index in [0.29, 0.717) is 12.5 Å². The van der Waals surface area contributed by atoms with Crippen LogP contribution in [0.1, 0.15) is 52.9 Å². The van der Waals surface area contributed by atoms with E-state index >= 15 is 0 Å². The minimum absolute atomic E-state index is 0.0836. The maximum atomic E-state index is 11.9. The van der Waals surface area contributed by atoms with Crippen LogP contribution in [0.5, 0.6) is 0 Å². The monoisotopic (exact) mass is 270 g/mol. The third kappa shape index (κ3) is 6.28. The lowest BCUT2D eigenvalue weighted by Crippen LogP contribution is -2.45. The Morgan fingerprint density at radius 1 is 1.26 bits per heavy atom. The zero-order valence-electron chi connectivity index (χ0n) is 12.9. The molecule has 4 nitrogen and oxygen atoms in total. The molecule has 112 valence electrons. The number of urea groups is 1. The van der Waals surface area contributed by atoms with E-state index in [1.165, 1.54) is 32.1 Å². The van der Waals surface area contributed by atoms with E-state index in [1.807, 2.05) is 0 Å². The molecule has 0 aromatic carbocycles. The van der Waals surface area contributed by atoms with E-state index in [0.717, 1.165) is 12.5 Å². The zero-order valence-corrected chi connectivity index (χ0v) is 12.9. The minimum atomic E-state index is -0.842. The second kappa shape index (κ2) is 7.13. The summed E-state index contributed by atoms with van der Waals surface area (Å²) in [6.45, 7) is 6.80. The molecule has 1 rings (SSSR count). The van der Waals surface area contributed by atoms with Gasteiger partial charge in [0.05, 0.1) is 12.1 Å². The molecule has 0 saturated heterocycles. The molecule has 0 unspecified atom stereocenters. The predicted molar refractivity (Wildman–Crippen MR) is 78.1 cm³/mol. The lowest BCUT2D eigenvalue weighted by Gasteiger charge is -2.29. The molecule has 0 aromatic rings. The summed E-state index contributed by atoms with van der Waals surface area (Å²) < 4.78 is 0. The number of carbonyl (C=O) groups excluding carboxylic acids is 1. The molecule has 1 fully saturated rings. The van der Waals surface area contributed by atoms with Gasteiger partial charge in [0.1, 0.15) is 0 Å². The van der Waals surface area contributed by atoms with Crippen LogP contribution in [-0.2, 0) is 0 Å². The summed E-state index contributed by atoms with van der Waals surface area (Å²) in [6, 6.07) is -0.0836. The van der Waals surface area contributed by atoms with Crippen molar-refractivity contribution < 1.29 is 9.90 Å². The summed E-state index contributed by atoms with van der Waals surface area (Å²) >= 11 is 0. The second-order valence-electron chi connectivity index (χ2n) is 6.65. The highest BCUT2D eigenvalue weighted by Crippen LogP contribution is 2.30. The van der Waals surface area contributed by atoms with E-state index in [9.17, 15) is 9.90 Å². The smallest absolute Gasteiger partial charge is 0.317 e. The first-order chi connectivity index (χ1) is 8.81. The van der Waals surface area contributed by atoms with Gasteiger partial charge < -0.3 is 15.3 Å². The first-order valence-electron chi connectivity index (χ1n) is 7.53. The van der Waals surface area contributed by atoms with Crippen LogP contribution in [0, 0.1) is 11.8 Å². The van der Waals surface area contributed by atoms with E-state index in [1.54, 1.807) is 25.8 Å². The van der Waals surface area contributed by atoms with Crippen LogP contribution in [0.4, 0.5) is 4.79 Å². The van der Waals surface area contributed by atoms with Gasteiger partial charge in [0, 0.05) is 13.6 Å². The average Bonchev–Trinajstić information content (AvgIpc) is 2.34. The summed E-state index contributed by atoms with van der Waals surface area (Å²) in [4.78, 5) is 13.4. The Morgan fingerprint density at radius 2 is 1.79 bits per heavy atom. The van der Waals surface area contributed by atoms with Crippen molar-refractivity contribution >= 4 is 6.03 Å². The molecule has 19 heavy (non-hydrogen) atoms. The van der Waals surface area contributed by atoms with Crippen molar-refractivity contribution in [3.05, 3.63) is 0 Å². The van der Waals surface area contributed by atoms with Crippen LogP contribution >= 0.6 is 0 Å². The van der Waals surface area contributed by atoms with Crippen LogP contribution in [0.3, 0.4) is 0 Å². The Balaban J connectivity index is 2.23. The number of hydrogen-bond acceptors (Lipinski definition) is 2. The van der Waals surface area contributed by atoms with Gasteiger partial charge in [0.25, 0.3) is 0 Å². The highest BCUT2D eigenvalue weighted by atomic mass is 16.3. The Kier molecular flexibility index (Phi) is 6.11. The summed E-state index contributed by atoms with van der Waals surface area (Å²) in [6.07, 6.45) is 6.35. The number of carbonyl (C=O) groups is 1. The molecule has 1 aliphatic rings. The van der Waals surface area contributed by atoms with Gasteiger partial charge in [-0.15, -0.1) is 0 Å². The molecule has 2 N–H and O–H groups in total. The van der Waals surface area contributed by atoms with Gasteiger partial charge in [-0.25, -0.2) is 4.79 Å². The van der Waals surface area contributed by atoms with Crippen LogP contribution in [0.25, 0.3) is 0 Å². The maximum Gasteiger partial charge on any atom is 0.317 e. The third-order valence-electron chi connectivity index (χ3n) is 4.06. The van der Waals surface area contributed by atoms with Crippen molar-refractivity contribution in [2.24, 2.45) is 11.8 Å². The SMILES string of the molecule is CCC1CCC(CNC(=O)N(C)CC(C)(C)O)CC1.